The smallest absolute Gasteiger partial charge is 0.319 e. The van der Waals surface area contributed by atoms with Crippen molar-refractivity contribution in [2.24, 2.45) is 0 Å². The second-order valence-electron chi connectivity index (χ2n) is 7.12. The lowest BCUT2D eigenvalue weighted by Crippen LogP contribution is -2.43. The number of hydrogen-bond acceptors (Lipinski definition) is 5. The van der Waals surface area contributed by atoms with E-state index in [2.05, 4.69) is 39.6 Å². The number of nitrogens with one attached hydrogen (secondary N) is 2. The number of nitro benzene ring substituents is 1. The van der Waals surface area contributed by atoms with Gasteiger partial charge in [-0.1, -0.05) is 35.9 Å². The fourth-order valence-corrected chi connectivity index (χ4v) is 3.32. The van der Waals surface area contributed by atoms with Gasteiger partial charge in [0, 0.05) is 51.4 Å². The first-order chi connectivity index (χ1) is 13.9. The standard InChI is InChI=1S/C20H24ClN5O3/c1-24-8-10-25(11-9-24)14-16-4-2-15(3-5-16)13-22-20(27)23-19-7-6-17(26(28)29)12-18(19)21/h2-7,12H,8-11,13-14H2,1H3,(H2,22,23,27). The van der Waals surface area contributed by atoms with Gasteiger partial charge in [0.2, 0.25) is 0 Å². The van der Waals surface area contributed by atoms with E-state index in [4.69, 9.17) is 11.6 Å². The maximum atomic E-state index is 12.1. The lowest BCUT2D eigenvalue weighted by molar-refractivity contribution is -0.384. The first kappa shape index (κ1) is 21.0. The van der Waals surface area contributed by atoms with Gasteiger partial charge in [-0.3, -0.25) is 15.0 Å². The maximum absolute atomic E-state index is 12.1. The summed E-state index contributed by atoms with van der Waals surface area (Å²) in [7, 11) is 2.14. The summed E-state index contributed by atoms with van der Waals surface area (Å²) in [6.45, 7) is 5.63. The van der Waals surface area contributed by atoms with E-state index in [9.17, 15) is 14.9 Å². The molecule has 0 aromatic heterocycles. The van der Waals surface area contributed by atoms with Crippen molar-refractivity contribution in [1.29, 1.82) is 0 Å². The molecule has 0 aliphatic carbocycles. The zero-order chi connectivity index (χ0) is 20.8. The molecule has 1 aliphatic rings. The predicted octanol–water partition coefficient (Wildman–Crippen LogP) is 3.32. The van der Waals surface area contributed by atoms with Crippen molar-refractivity contribution in [3.8, 4) is 0 Å². The van der Waals surface area contributed by atoms with E-state index in [1.165, 1.54) is 23.8 Å². The van der Waals surface area contributed by atoms with Crippen LogP contribution in [-0.4, -0.2) is 54.0 Å². The van der Waals surface area contributed by atoms with Crippen LogP contribution < -0.4 is 10.6 Å². The molecule has 8 nitrogen and oxygen atoms in total. The summed E-state index contributed by atoms with van der Waals surface area (Å²) in [6.07, 6.45) is 0. The zero-order valence-electron chi connectivity index (χ0n) is 16.2. The molecule has 2 aromatic rings. The minimum Gasteiger partial charge on any atom is -0.334 e. The number of carbonyl (C=O) groups excluding carboxylic acids is 1. The molecule has 2 amide bonds. The topological polar surface area (TPSA) is 90.8 Å². The molecule has 9 heteroatoms. The van der Waals surface area contributed by atoms with Crippen LogP contribution in [0.1, 0.15) is 11.1 Å². The first-order valence-corrected chi connectivity index (χ1v) is 9.76. The van der Waals surface area contributed by atoms with E-state index < -0.39 is 11.0 Å². The number of halogens is 1. The zero-order valence-corrected chi connectivity index (χ0v) is 17.0. The Bertz CT molecular complexity index is 867. The molecule has 1 fully saturated rings. The van der Waals surface area contributed by atoms with Gasteiger partial charge in [0.25, 0.3) is 5.69 Å². The highest BCUT2D eigenvalue weighted by Crippen LogP contribution is 2.26. The molecule has 1 aliphatic heterocycles. The van der Waals surface area contributed by atoms with Crippen LogP contribution in [-0.2, 0) is 13.1 Å². The van der Waals surface area contributed by atoms with Gasteiger partial charge in [-0.2, -0.15) is 0 Å². The number of urea groups is 1. The maximum Gasteiger partial charge on any atom is 0.319 e. The number of benzene rings is 2. The third-order valence-electron chi connectivity index (χ3n) is 4.89. The number of non-ortho nitro benzene ring substituents is 1. The van der Waals surface area contributed by atoms with Crippen molar-refractivity contribution in [3.05, 3.63) is 68.7 Å². The first-order valence-electron chi connectivity index (χ1n) is 9.38. The summed E-state index contributed by atoms with van der Waals surface area (Å²) in [5.74, 6) is 0. The molecule has 2 N–H and O–H groups in total. The van der Waals surface area contributed by atoms with Gasteiger partial charge in [0.1, 0.15) is 0 Å². The summed E-state index contributed by atoms with van der Waals surface area (Å²) in [5, 5.41) is 16.2. The summed E-state index contributed by atoms with van der Waals surface area (Å²) in [5.41, 5.74) is 2.42. The van der Waals surface area contributed by atoms with Crippen molar-refractivity contribution < 1.29 is 9.72 Å². The third kappa shape index (κ3) is 6.15. The number of rotatable bonds is 6. The molecule has 0 spiro atoms. The molecule has 1 heterocycles. The molecular formula is C20H24ClN5O3. The number of nitrogens with zero attached hydrogens (tertiary/aromatic N) is 3. The number of anilines is 1. The summed E-state index contributed by atoms with van der Waals surface area (Å²) in [4.78, 5) is 27.1. The second-order valence-corrected chi connectivity index (χ2v) is 7.53. The van der Waals surface area contributed by atoms with Crippen LogP contribution in [0.2, 0.25) is 5.02 Å². The Labute approximate surface area is 174 Å². The average molecular weight is 418 g/mol. The normalized spacial score (nSPS) is 15.1. The SMILES string of the molecule is CN1CCN(Cc2ccc(CNC(=O)Nc3ccc([N+](=O)[O-])cc3Cl)cc2)CC1. The molecule has 29 heavy (non-hydrogen) atoms. The Morgan fingerprint density at radius 3 is 2.38 bits per heavy atom. The van der Waals surface area contributed by atoms with Crippen LogP contribution >= 0.6 is 11.6 Å². The summed E-state index contributed by atoms with van der Waals surface area (Å²) in [6, 6.07) is 11.7. The molecule has 154 valence electrons. The van der Waals surface area contributed by atoms with Gasteiger partial charge in [0.15, 0.2) is 0 Å². The molecule has 1 saturated heterocycles. The molecule has 0 radical (unpaired) electrons. The summed E-state index contributed by atoms with van der Waals surface area (Å²) < 4.78 is 0. The fraction of sp³-hybridized carbons (Fsp3) is 0.350. The van der Waals surface area contributed by atoms with E-state index in [1.807, 2.05) is 12.1 Å². The van der Waals surface area contributed by atoms with Crippen molar-refractivity contribution in [1.82, 2.24) is 15.1 Å². The molecule has 3 rings (SSSR count). The Hall–Kier alpha value is -2.68. The van der Waals surface area contributed by atoms with E-state index in [-0.39, 0.29) is 10.7 Å². The van der Waals surface area contributed by atoms with Crippen molar-refractivity contribution in [2.75, 3.05) is 38.5 Å². The van der Waals surface area contributed by atoms with Crippen LogP contribution in [0.3, 0.4) is 0 Å². The van der Waals surface area contributed by atoms with Gasteiger partial charge in [-0.15, -0.1) is 0 Å². The number of nitro groups is 1. The molecule has 0 bridgehead atoms. The van der Waals surface area contributed by atoms with Crippen LogP contribution in [0.4, 0.5) is 16.2 Å². The minimum absolute atomic E-state index is 0.114. The number of hydrogen-bond donors (Lipinski definition) is 2. The minimum atomic E-state index is -0.539. The van der Waals surface area contributed by atoms with Crippen molar-refractivity contribution in [2.45, 2.75) is 13.1 Å². The molecule has 0 saturated carbocycles. The largest absolute Gasteiger partial charge is 0.334 e. The van der Waals surface area contributed by atoms with Crippen LogP contribution in [0.25, 0.3) is 0 Å². The van der Waals surface area contributed by atoms with Crippen LogP contribution in [0.5, 0.6) is 0 Å². The highest BCUT2D eigenvalue weighted by Gasteiger charge is 2.14. The van der Waals surface area contributed by atoms with Crippen LogP contribution in [0.15, 0.2) is 42.5 Å². The quantitative estimate of drug-likeness (QED) is 0.555. The van der Waals surface area contributed by atoms with Crippen LogP contribution in [0, 0.1) is 10.1 Å². The number of amides is 2. The molecule has 0 atom stereocenters. The van der Waals surface area contributed by atoms with Crippen molar-refractivity contribution in [3.63, 3.8) is 0 Å². The van der Waals surface area contributed by atoms with E-state index >= 15 is 0 Å². The van der Waals surface area contributed by atoms with Crippen molar-refractivity contribution >= 4 is 29.0 Å². The Kier molecular flexibility index (Phi) is 7.03. The second kappa shape index (κ2) is 9.69. The van der Waals surface area contributed by atoms with Gasteiger partial charge in [-0.05, 0) is 24.2 Å². The molecule has 2 aromatic carbocycles. The highest BCUT2D eigenvalue weighted by atomic mass is 35.5. The number of likely N-dealkylation sites (N-methyl/N-ethyl adjacent to an activating group) is 1. The van der Waals surface area contributed by atoms with E-state index in [1.54, 1.807) is 0 Å². The lowest BCUT2D eigenvalue weighted by Gasteiger charge is -2.32. The average Bonchev–Trinajstić information content (AvgIpc) is 2.70. The van der Waals surface area contributed by atoms with Gasteiger partial charge >= 0.3 is 6.03 Å². The third-order valence-corrected chi connectivity index (χ3v) is 5.20. The van der Waals surface area contributed by atoms with Gasteiger partial charge in [-0.25, -0.2) is 4.79 Å². The van der Waals surface area contributed by atoms with Gasteiger partial charge in [0.05, 0.1) is 15.6 Å². The Morgan fingerprint density at radius 1 is 1.10 bits per heavy atom. The summed E-state index contributed by atoms with van der Waals surface area (Å²) >= 11 is 5.99. The van der Waals surface area contributed by atoms with E-state index in [0.29, 0.717) is 12.2 Å². The van der Waals surface area contributed by atoms with Gasteiger partial charge < -0.3 is 15.5 Å². The fourth-order valence-electron chi connectivity index (χ4n) is 3.09. The monoisotopic (exact) mass is 417 g/mol. The lowest BCUT2D eigenvalue weighted by atomic mass is 10.1. The Balaban J connectivity index is 1.47. The Morgan fingerprint density at radius 2 is 1.76 bits per heavy atom. The molecular weight excluding hydrogens is 394 g/mol. The molecule has 0 unspecified atom stereocenters. The predicted molar refractivity (Wildman–Crippen MR) is 113 cm³/mol. The van der Waals surface area contributed by atoms with E-state index in [0.717, 1.165) is 38.3 Å². The number of carbonyl (C=O) groups is 1. The highest BCUT2D eigenvalue weighted by molar-refractivity contribution is 6.33. The number of piperazine rings is 1.